The van der Waals surface area contributed by atoms with Crippen molar-refractivity contribution in [2.45, 2.75) is 31.5 Å². The SMILES string of the molecule is CN(Cc1ccccc1)C(=O)C[C@@]1(COc2ccc(Cl)cc2)CN(C(=O)CCn2ncc3ccccc32)CCO1. The Bertz CT molecular complexity index is 1440. The molecule has 2 amide bonds. The van der Waals surface area contributed by atoms with Gasteiger partial charge in [-0.25, -0.2) is 0 Å². The smallest absolute Gasteiger partial charge is 0.225 e. The molecule has 1 aliphatic rings. The van der Waals surface area contributed by atoms with E-state index in [9.17, 15) is 9.59 Å². The molecule has 9 heteroatoms. The van der Waals surface area contributed by atoms with E-state index in [1.54, 1.807) is 41.1 Å². The van der Waals surface area contributed by atoms with E-state index in [0.717, 1.165) is 16.5 Å². The van der Waals surface area contributed by atoms with Crippen molar-refractivity contribution in [3.63, 3.8) is 0 Å². The lowest BCUT2D eigenvalue weighted by molar-refractivity contribution is -0.165. The minimum Gasteiger partial charge on any atom is -0.490 e. The fourth-order valence-electron chi connectivity index (χ4n) is 4.97. The predicted molar refractivity (Wildman–Crippen MR) is 154 cm³/mol. The standard InChI is InChI=1S/C31H33ClN4O4/c1-34(21-24-7-3-2-4-8-24)30(38)19-31(23-39-27-13-11-26(32)12-14-27)22-35(17-18-40-31)29(37)15-16-36-28-10-6-5-9-25(28)20-33-36/h2-14,20H,15-19,21-23H2,1H3/t31-/m0/s1. The maximum absolute atomic E-state index is 13.4. The van der Waals surface area contributed by atoms with Crippen LogP contribution in [0.3, 0.4) is 0 Å². The molecule has 8 nitrogen and oxygen atoms in total. The van der Waals surface area contributed by atoms with Gasteiger partial charge in [0.1, 0.15) is 18.0 Å². The zero-order valence-electron chi connectivity index (χ0n) is 22.5. The summed E-state index contributed by atoms with van der Waals surface area (Å²) in [6.07, 6.45) is 2.18. The molecule has 2 heterocycles. The van der Waals surface area contributed by atoms with E-state index in [0.29, 0.717) is 43.4 Å². The van der Waals surface area contributed by atoms with Gasteiger partial charge < -0.3 is 19.3 Å². The van der Waals surface area contributed by atoms with E-state index < -0.39 is 5.60 Å². The molecule has 1 aliphatic heterocycles. The van der Waals surface area contributed by atoms with E-state index in [4.69, 9.17) is 21.1 Å². The van der Waals surface area contributed by atoms with Crippen molar-refractivity contribution in [2.75, 3.05) is 33.4 Å². The van der Waals surface area contributed by atoms with Crippen molar-refractivity contribution in [3.8, 4) is 5.75 Å². The number of amides is 2. The first-order valence-corrected chi connectivity index (χ1v) is 13.8. The van der Waals surface area contributed by atoms with Gasteiger partial charge in [0.05, 0.1) is 37.8 Å². The first-order chi connectivity index (χ1) is 19.4. The van der Waals surface area contributed by atoms with Crippen LogP contribution in [0.2, 0.25) is 5.02 Å². The molecule has 40 heavy (non-hydrogen) atoms. The first kappa shape index (κ1) is 27.7. The summed E-state index contributed by atoms with van der Waals surface area (Å²) in [5, 5.41) is 6.09. The van der Waals surface area contributed by atoms with Gasteiger partial charge in [0, 0.05) is 37.0 Å². The Labute approximate surface area is 239 Å². The molecule has 0 unspecified atom stereocenters. The molecule has 4 aromatic rings. The van der Waals surface area contributed by atoms with Crippen molar-refractivity contribution in [3.05, 3.63) is 95.6 Å². The summed E-state index contributed by atoms with van der Waals surface area (Å²) in [7, 11) is 1.78. The molecule has 0 bridgehead atoms. The summed E-state index contributed by atoms with van der Waals surface area (Å²) in [4.78, 5) is 30.3. The summed E-state index contributed by atoms with van der Waals surface area (Å²) >= 11 is 6.03. The van der Waals surface area contributed by atoms with Crippen LogP contribution in [-0.2, 0) is 27.4 Å². The first-order valence-electron chi connectivity index (χ1n) is 13.4. The van der Waals surface area contributed by atoms with Crippen LogP contribution in [0.4, 0.5) is 0 Å². The average molecular weight is 561 g/mol. The minimum absolute atomic E-state index is 0.0103. The summed E-state index contributed by atoms with van der Waals surface area (Å²) in [6.45, 7) is 2.09. The van der Waals surface area contributed by atoms with Gasteiger partial charge in [-0.1, -0.05) is 60.1 Å². The van der Waals surface area contributed by atoms with Gasteiger partial charge in [-0.3, -0.25) is 14.3 Å². The van der Waals surface area contributed by atoms with Crippen molar-refractivity contribution in [2.24, 2.45) is 0 Å². The van der Waals surface area contributed by atoms with Gasteiger partial charge in [-0.15, -0.1) is 0 Å². The molecule has 0 aliphatic carbocycles. The zero-order valence-corrected chi connectivity index (χ0v) is 23.3. The average Bonchev–Trinajstić information content (AvgIpc) is 3.39. The maximum Gasteiger partial charge on any atom is 0.225 e. The van der Waals surface area contributed by atoms with E-state index >= 15 is 0 Å². The summed E-state index contributed by atoms with van der Waals surface area (Å²) in [5.74, 6) is 0.524. The highest BCUT2D eigenvalue weighted by Crippen LogP contribution is 2.27. The van der Waals surface area contributed by atoms with Gasteiger partial charge in [0.2, 0.25) is 11.8 Å². The Morgan fingerprint density at radius 1 is 1.05 bits per heavy atom. The Morgan fingerprint density at radius 2 is 1.80 bits per heavy atom. The number of benzene rings is 3. The summed E-state index contributed by atoms with van der Waals surface area (Å²) < 4.78 is 14.2. The van der Waals surface area contributed by atoms with Crippen molar-refractivity contribution >= 4 is 34.3 Å². The second-order valence-electron chi connectivity index (χ2n) is 10.2. The van der Waals surface area contributed by atoms with Crippen molar-refractivity contribution < 1.29 is 19.1 Å². The molecule has 208 valence electrons. The number of nitrogens with zero attached hydrogens (tertiary/aromatic N) is 4. The van der Waals surface area contributed by atoms with Crippen LogP contribution >= 0.6 is 11.6 Å². The lowest BCUT2D eigenvalue weighted by atomic mass is 9.96. The number of carbonyl (C=O) groups excluding carboxylic acids is 2. The molecule has 0 N–H and O–H groups in total. The fraction of sp³-hybridized carbons (Fsp3) is 0.323. The second kappa shape index (κ2) is 12.5. The Balaban J connectivity index is 1.28. The Kier molecular flexibility index (Phi) is 8.67. The van der Waals surface area contributed by atoms with Gasteiger partial charge in [0.15, 0.2) is 0 Å². The number of halogens is 1. The van der Waals surface area contributed by atoms with Crippen LogP contribution in [0.1, 0.15) is 18.4 Å². The molecular weight excluding hydrogens is 528 g/mol. The molecule has 0 spiro atoms. The van der Waals surface area contributed by atoms with E-state index in [2.05, 4.69) is 5.10 Å². The number of rotatable bonds is 10. The van der Waals surface area contributed by atoms with Crippen LogP contribution in [-0.4, -0.2) is 70.3 Å². The van der Waals surface area contributed by atoms with Crippen LogP contribution < -0.4 is 4.74 Å². The summed E-state index contributed by atoms with van der Waals surface area (Å²) in [5.41, 5.74) is 1.04. The van der Waals surface area contributed by atoms with E-state index in [-0.39, 0.29) is 31.4 Å². The van der Waals surface area contributed by atoms with Crippen molar-refractivity contribution in [1.29, 1.82) is 0 Å². The number of morpholine rings is 1. The maximum atomic E-state index is 13.4. The Morgan fingerprint density at radius 3 is 2.60 bits per heavy atom. The van der Waals surface area contributed by atoms with Crippen LogP contribution in [0, 0.1) is 0 Å². The number of fused-ring (bicyclic) bond motifs is 1. The van der Waals surface area contributed by atoms with E-state index in [1.807, 2.05) is 65.5 Å². The van der Waals surface area contributed by atoms with Crippen LogP contribution in [0.5, 0.6) is 5.75 Å². The number of hydrogen-bond donors (Lipinski definition) is 0. The lowest BCUT2D eigenvalue weighted by Gasteiger charge is -2.42. The number of aryl methyl sites for hydroxylation is 1. The monoisotopic (exact) mass is 560 g/mol. The normalized spacial score (nSPS) is 17.1. The van der Waals surface area contributed by atoms with Gasteiger partial charge in [0.25, 0.3) is 0 Å². The van der Waals surface area contributed by atoms with Gasteiger partial charge >= 0.3 is 0 Å². The third kappa shape index (κ3) is 6.81. The van der Waals surface area contributed by atoms with Crippen LogP contribution in [0.15, 0.2) is 85.1 Å². The number of para-hydroxylation sites is 1. The van der Waals surface area contributed by atoms with E-state index in [1.165, 1.54) is 0 Å². The third-order valence-corrected chi connectivity index (χ3v) is 7.42. The lowest BCUT2D eigenvalue weighted by Crippen LogP contribution is -2.58. The number of aromatic nitrogens is 2. The quantitative estimate of drug-likeness (QED) is 0.278. The largest absolute Gasteiger partial charge is 0.490 e. The molecule has 0 saturated carbocycles. The van der Waals surface area contributed by atoms with Gasteiger partial charge in [-0.2, -0.15) is 5.10 Å². The van der Waals surface area contributed by atoms with Crippen molar-refractivity contribution in [1.82, 2.24) is 19.6 Å². The second-order valence-corrected chi connectivity index (χ2v) is 10.6. The highest BCUT2D eigenvalue weighted by atomic mass is 35.5. The fourth-order valence-corrected chi connectivity index (χ4v) is 5.09. The molecule has 3 aromatic carbocycles. The molecule has 0 radical (unpaired) electrons. The minimum atomic E-state index is -0.992. The zero-order chi connectivity index (χ0) is 28.0. The number of hydrogen-bond acceptors (Lipinski definition) is 5. The number of carbonyl (C=O) groups is 2. The molecule has 1 saturated heterocycles. The molecule has 1 atom stereocenters. The topological polar surface area (TPSA) is 76.9 Å². The van der Waals surface area contributed by atoms with Gasteiger partial charge in [-0.05, 0) is 35.9 Å². The highest BCUT2D eigenvalue weighted by Gasteiger charge is 2.42. The molecule has 5 rings (SSSR count). The van der Waals surface area contributed by atoms with Crippen LogP contribution in [0.25, 0.3) is 10.9 Å². The Hall–Kier alpha value is -3.88. The third-order valence-electron chi connectivity index (χ3n) is 7.17. The molecule has 1 fully saturated rings. The number of ether oxygens (including phenoxy) is 2. The molecule has 1 aromatic heterocycles. The molecular formula is C31H33ClN4O4. The summed E-state index contributed by atoms with van der Waals surface area (Å²) in [6, 6.07) is 24.8. The highest BCUT2D eigenvalue weighted by molar-refractivity contribution is 6.30. The predicted octanol–water partition coefficient (Wildman–Crippen LogP) is 4.81.